The molecule has 1 saturated heterocycles. The van der Waals surface area contributed by atoms with Gasteiger partial charge in [-0.15, -0.1) is 0 Å². The highest BCUT2D eigenvalue weighted by molar-refractivity contribution is 6.35. The first-order chi connectivity index (χ1) is 31.9. The number of rotatable bonds is 11. The number of pyridine rings is 2. The fourth-order valence-electron chi connectivity index (χ4n) is 7.93. The molecule has 0 spiro atoms. The number of aromatic nitrogens is 6. The van der Waals surface area contributed by atoms with Gasteiger partial charge in [0.1, 0.15) is 11.3 Å². The van der Waals surface area contributed by atoms with Crippen LogP contribution in [0, 0.1) is 13.8 Å². The molecule has 0 atom stereocenters. The lowest BCUT2D eigenvalue weighted by Crippen LogP contribution is -2.44. The number of nitrogens with zero attached hydrogens (tertiary/aromatic N) is 8. The Kier molecular flexibility index (Phi) is 14.0. The Hall–Kier alpha value is -6.80. The number of halogens is 2. The van der Waals surface area contributed by atoms with Crippen molar-refractivity contribution >= 4 is 79.9 Å². The second kappa shape index (κ2) is 20.2. The summed E-state index contributed by atoms with van der Waals surface area (Å²) >= 11 is 12.5. The first-order valence-corrected chi connectivity index (χ1v) is 22.8. The monoisotopic (exact) mass is 921 g/mol. The van der Waals surface area contributed by atoms with E-state index in [1.54, 1.807) is 41.4 Å². The van der Waals surface area contributed by atoms with E-state index in [1.807, 2.05) is 80.3 Å². The molecule has 0 bridgehead atoms. The van der Waals surface area contributed by atoms with E-state index in [9.17, 15) is 9.59 Å². The van der Waals surface area contributed by atoms with Crippen LogP contribution in [-0.4, -0.2) is 73.7 Å². The third kappa shape index (κ3) is 10.2. The molecule has 0 unspecified atom stereocenters. The van der Waals surface area contributed by atoms with Crippen LogP contribution in [0.5, 0.6) is 0 Å². The fraction of sp³-hybridized carbons (Fsp3) is 0.255. The van der Waals surface area contributed by atoms with Crippen molar-refractivity contribution in [1.82, 2.24) is 34.0 Å². The first kappa shape index (κ1) is 45.8. The van der Waals surface area contributed by atoms with Gasteiger partial charge < -0.3 is 34.9 Å². The number of anilines is 6. The van der Waals surface area contributed by atoms with E-state index in [-0.39, 0.29) is 10.9 Å². The summed E-state index contributed by atoms with van der Waals surface area (Å²) < 4.78 is 3.69. The standard InChI is InChI=1S/C26H29N5O.C25H24Cl2N6O/c1-5-6-14-27-19-10-12-20(13-11-19)29-26-28-15-22-24(32)23(16-31(4)25(22)30-26)21-9-7-8-17(2)18(21)3;1-31-9-11-33(12-10-31)18-6-4-17(5-7-18)29-25-28-14-20-23(34)21(15-32(2)24(20)30-25)19-13-16(26)3-8-22(19)27/h7-13,15-16,27H,5-6,14H2,1-4H3,(H,28,29,30);3-8,13-15H,9-12H2,1-2H3,(H,28,29,30). The molecule has 66 heavy (non-hydrogen) atoms. The molecule has 1 aliphatic rings. The quantitative estimate of drug-likeness (QED) is 0.107. The van der Waals surface area contributed by atoms with Gasteiger partial charge in [-0.05, 0) is 111 Å². The summed E-state index contributed by atoms with van der Waals surface area (Å²) in [6.45, 7) is 11.4. The Labute approximate surface area is 394 Å². The lowest BCUT2D eigenvalue weighted by Gasteiger charge is -2.34. The number of piperazine rings is 1. The summed E-state index contributed by atoms with van der Waals surface area (Å²) in [5, 5.41) is 11.8. The topological polar surface area (TPSA) is 138 Å². The summed E-state index contributed by atoms with van der Waals surface area (Å²) in [5.74, 6) is 0.877. The van der Waals surface area contributed by atoms with Crippen LogP contribution < -0.4 is 31.7 Å². The molecule has 0 radical (unpaired) electrons. The van der Waals surface area contributed by atoms with Crippen molar-refractivity contribution in [3.8, 4) is 22.3 Å². The van der Waals surface area contributed by atoms with Gasteiger partial charge >= 0.3 is 0 Å². The molecule has 15 heteroatoms. The summed E-state index contributed by atoms with van der Waals surface area (Å²) in [5.41, 5.74) is 9.84. The normalized spacial score (nSPS) is 12.8. The Morgan fingerprint density at radius 3 is 1.76 bits per heavy atom. The minimum Gasteiger partial charge on any atom is -0.385 e. The highest BCUT2D eigenvalue weighted by atomic mass is 35.5. The van der Waals surface area contributed by atoms with E-state index in [4.69, 9.17) is 23.2 Å². The maximum atomic E-state index is 13.2. The Morgan fingerprint density at radius 1 is 0.636 bits per heavy atom. The average molecular weight is 923 g/mol. The number of hydrogen-bond donors (Lipinski definition) is 3. The minimum atomic E-state index is -0.194. The summed E-state index contributed by atoms with van der Waals surface area (Å²) in [4.78, 5) is 49.2. The molecule has 0 amide bonds. The number of benzene rings is 4. The van der Waals surface area contributed by atoms with E-state index in [2.05, 4.69) is 84.8 Å². The first-order valence-electron chi connectivity index (χ1n) is 22.0. The molecular weight excluding hydrogens is 870 g/mol. The van der Waals surface area contributed by atoms with Crippen LogP contribution in [0.15, 0.2) is 119 Å². The Morgan fingerprint density at radius 2 is 1.18 bits per heavy atom. The number of aryl methyl sites for hydroxylation is 3. The summed E-state index contributed by atoms with van der Waals surface area (Å²) in [6.07, 6.45) is 9.06. The van der Waals surface area contributed by atoms with Crippen molar-refractivity contribution in [3.05, 3.63) is 151 Å². The van der Waals surface area contributed by atoms with Crippen LogP contribution in [-0.2, 0) is 14.1 Å². The third-order valence-electron chi connectivity index (χ3n) is 11.9. The fourth-order valence-corrected chi connectivity index (χ4v) is 8.32. The zero-order valence-corrected chi connectivity index (χ0v) is 39.5. The van der Waals surface area contributed by atoms with Crippen LogP contribution in [0.25, 0.3) is 44.3 Å². The molecule has 9 rings (SSSR count). The molecule has 5 heterocycles. The third-order valence-corrected chi connectivity index (χ3v) is 12.5. The maximum absolute atomic E-state index is 13.2. The molecule has 1 aliphatic heterocycles. The van der Waals surface area contributed by atoms with E-state index >= 15 is 0 Å². The zero-order valence-electron chi connectivity index (χ0n) is 38.0. The molecule has 4 aromatic carbocycles. The Balaban J connectivity index is 0.000000180. The number of likely N-dealkylation sites (N-methyl/N-ethyl adjacent to an activating group) is 1. The van der Waals surface area contributed by atoms with Gasteiger partial charge in [-0.25, -0.2) is 9.97 Å². The van der Waals surface area contributed by atoms with E-state index in [0.717, 1.165) is 72.9 Å². The predicted molar refractivity (Wildman–Crippen MR) is 272 cm³/mol. The van der Waals surface area contributed by atoms with Crippen LogP contribution in [0.2, 0.25) is 10.0 Å². The van der Waals surface area contributed by atoms with Gasteiger partial charge in [0.2, 0.25) is 11.9 Å². The van der Waals surface area contributed by atoms with Crippen molar-refractivity contribution in [2.45, 2.75) is 33.6 Å². The SMILES string of the molecule is CCCCNc1ccc(Nc2ncc3c(=O)c(-c4cccc(C)c4C)cn(C)c3n2)cc1.CN1CCN(c2ccc(Nc3ncc4c(=O)c(-c5cc(Cl)ccc5Cl)cn(C)c4n3)cc2)CC1. The van der Waals surface area contributed by atoms with Crippen LogP contribution in [0.1, 0.15) is 30.9 Å². The zero-order chi connectivity index (χ0) is 46.5. The van der Waals surface area contributed by atoms with Crippen LogP contribution in [0.4, 0.5) is 34.6 Å². The van der Waals surface area contributed by atoms with Crippen molar-refractivity contribution in [2.24, 2.45) is 14.1 Å². The Bertz CT molecular complexity index is 3150. The largest absolute Gasteiger partial charge is 0.385 e. The second-order valence-corrected chi connectivity index (χ2v) is 17.5. The van der Waals surface area contributed by atoms with Gasteiger partial charge in [0, 0.05) is 121 Å². The number of hydrogen-bond acceptors (Lipinski definition) is 11. The molecule has 4 aromatic heterocycles. The molecule has 3 N–H and O–H groups in total. The number of nitrogens with one attached hydrogen (secondary N) is 3. The van der Waals surface area contributed by atoms with Gasteiger partial charge in [0.25, 0.3) is 0 Å². The van der Waals surface area contributed by atoms with Gasteiger partial charge in [0.05, 0.1) is 10.8 Å². The van der Waals surface area contributed by atoms with E-state index in [0.29, 0.717) is 60.7 Å². The minimum absolute atomic E-state index is 0.0548. The lowest BCUT2D eigenvalue weighted by atomic mass is 9.97. The summed E-state index contributed by atoms with van der Waals surface area (Å²) in [6, 6.07) is 27.4. The van der Waals surface area contributed by atoms with Gasteiger partial charge in [-0.3, -0.25) is 9.59 Å². The van der Waals surface area contributed by atoms with Crippen molar-refractivity contribution in [1.29, 1.82) is 0 Å². The summed E-state index contributed by atoms with van der Waals surface area (Å²) in [7, 11) is 5.90. The molecule has 0 aliphatic carbocycles. The molecule has 13 nitrogen and oxygen atoms in total. The van der Waals surface area contributed by atoms with Crippen LogP contribution in [0.3, 0.4) is 0 Å². The van der Waals surface area contributed by atoms with Gasteiger partial charge in [-0.1, -0.05) is 54.7 Å². The highest BCUT2D eigenvalue weighted by Gasteiger charge is 2.18. The van der Waals surface area contributed by atoms with Gasteiger partial charge in [-0.2, -0.15) is 9.97 Å². The molecule has 1 fully saturated rings. The maximum Gasteiger partial charge on any atom is 0.229 e. The molecule has 0 saturated carbocycles. The lowest BCUT2D eigenvalue weighted by molar-refractivity contribution is 0.313. The average Bonchev–Trinajstić information content (AvgIpc) is 3.32. The van der Waals surface area contributed by atoms with Crippen molar-refractivity contribution in [3.63, 3.8) is 0 Å². The second-order valence-electron chi connectivity index (χ2n) is 16.6. The van der Waals surface area contributed by atoms with Crippen molar-refractivity contribution in [2.75, 3.05) is 60.6 Å². The van der Waals surface area contributed by atoms with E-state index in [1.165, 1.54) is 12.1 Å². The predicted octanol–water partition coefficient (Wildman–Crippen LogP) is 10.4. The molecule has 8 aromatic rings. The highest BCUT2D eigenvalue weighted by Crippen LogP contribution is 2.30. The smallest absolute Gasteiger partial charge is 0.229 e. The number of unbranched alkanes of at least 4 members (excludes halogenated alkanes) is 1. The van der Waals surface area contributed by atoms with Crippen molar-refractivity contribution < 1.29 is 0 Å². The van der Waals surface area contributed by atoms with E-state index < -0.39 is 0 Å². The molecule has 338 valence electrons. The van der Waals surface area contributed by atoms with Gasteiger partial charge in [0.15, 0.2) is 10.9 Å². The van der Waals surface area contributed by atoms with Crippen LogP contribution >= 0.6 is 23.2 Å². The molecular formula is C51H53Cl2N11O2. The number of fused-ring (bicyclic) bond motifs is 2.